The zero-order valence-electron chi connectivity index (χ0n) is 17.9. The second-order valence-electron chi connectivity index (χ2n) is 8.82. The minimum Gasteiger partial charge on any atom is -0.512 e. The Balaban J connectivity index is 1.45. The van der Waals surface area contributed by atoms with E-state index < -0.39 is 0 Å². The Kier molecular flexibility index (Phi) is 5.38. The normalized spacial score (nSPS) is 27.6. The summed E-state index contributed by atoms with van der Waals surface area (Å²) in [7, 11) is 0. The van der Waals surface area contributed by atoms with Crippen LogP contribution in [0, 0.1) is 11.8 Å². The van der Waals surface area contributed by atoms with Crippen LogP contribution in [0.3, 0.4) is 0 Å². The maximum atomic E-state index is 10.4. The molecule has 4 aliphatic rings. The summed E-state index contributed by atoms with van der Waals surface area (Å²) in [5.74, 6) is 2.75. The molecule has 4 aliphatic carbocycles. The number of ether oxygens (including phenoxy) is 1. The summed E-state index contributed by atoms with van der Waals surface area (Å²) in [5.41, 5.74) is 3.54. The van der Waals surface area contributed by atoms with Crippen molar-refractivity contribution in [3.63, 3.8) is 0 Å². The second-order valence-corrected chi connectivity index (χ2v) is 8.82. The van der Waals surface area contributed by atoms with E-state index in [9.17, 15) is 10.2 Å². The van der Waals surface area contributed by atoms with Gasteiger partial charge in [-0.05, 0) is 68.4 Å². The van der Waals surface area contributed by atoms with Crippen LogP contribution in [-0.2, 0) is 0 Å². The first-order valence-electron chi connectivity index (χ1n) is 11.4. The third kappa shape index (κ3) is 4.03. The number of aliphatic hydroxyl groups excluding tert-OH is 2. The topological polar surface area (TPSA) is 88.4 Å². The Morgan fingerprint density at radius 2 is 1.94 bits per heavy atom. The van der Waals surface area contributed by atoms with Crippen LogP contribution in [0.15, 0.2) is 53.0 Å². The Hall–Kier alpha value is -2.89. The van der Waals surface area contributed by atoms with Crippen molar-refractivity contribution in [3.05, 3.63) is 64.7 Å². The molecule has 1 fully saturated rings. The van der Waals surface area contributed by atoms with Gasteiger partial charge >= 0.3 is 6.01 Å². The molecule has 1 aromatic heterocycles. The lowest BCUT2D eigenvalue weighted by Gasteiger charge is -2.36. The molecule has 31 heavy (non-hydrogen) atoms. The number of nitrogens with zero attached hydrogens (tertiary/aromatic N) is 3. The molecule has 6 heteroatoms. The van der Waals surface area contributed by atoms with Gasteiger partial charge in [0.2, 0.25) is 0 Å². The van der Waals surface area contributed by atoms with E-state index in [1.165, 1.54) is 17.2 Å². The van der Waals surface area contributed by atoms with Gasteiger partial charge in [0.1, 0.15) is 11.6 Å². The first-order chi connectivity index (χ1) is 15.1. The lowest BCUT2D eigenvalue weighted by molar-refractivity contribution is 0.280. The van der Waals surface area contributed by atoms with Crippen molar-refractivity contribution in [1.82, 2.24) is 15.0 Å². The molecule has 0 aliphatic heterocycles. The number of hydrogen-bond donors (Lipinski definition) is 2. The number of allylic oxidation sites excluding steroid dienone is 9. The van der Waals surface area contributed by atoms with Crippen molar-refractivity contribution in [2.24, 2.45) is 11.8 Å². The van der Waals surface area contributed by atoms with Gasteiger partial charge in [-0.25, -0.2) is 4.98 Å². The van der Waals surface area contributed by atoms with Crippen molar-refractivity contribution in [2.75, 3.05) is 6.61 Å². The fourth-order valence-electron chi connectivity index (χ4n) is 5.20. The molecule has 1 saturated carbocycles. The maximum absolute atomic E-state index is 10.4. The van der Waals surface area contributed by atoms with Gasteiger partial charge in [0, 0.05) is 24.0 Å². The van der Waals surface area contributed by atoms with Crippen LogP contribution >= 0.6 is 0 Å². The monoisotopic (exact) mass is 419 g/mol. The number of fused-ring (bicyclic) bond motifs is 2. The number of rotatable bonds is 4. The van der Waals surface area contributed by atoms with Crippen molar-refractivity contribution >= 4 is 5.57 Å². The van der Waals surface area contributed by atoms with Gasteiger partial charge < -0.3 is 14.9 Å². The fraction of sp³-hybridized carbons (Fsp3) is 0.480. The van der Waals surface area contributed by atoms with Crippen LogP contribution in [0.5, 0.6) is 6.01 Å². The quantitative estimate of drug-likeness (QED) is 0.671. The third-order valence-electron chi connectivity index (χ3n) is 6.80. The van der Waals surface area contributed by atoms with Crippen LogP contribution in [-0.4, -0.2) is 31.8 Å². The number of aliphatic hydroxyl groups is 2. The van der Waals surface area contributed by atoms with Gasteiger partial charge in [-0.3, -0.25) is 0 Å². The molecule has 0 bridgehead atoms. The molecule has 0 radical (unpaired) electrons. The van der Waals surface area contributed by atoms with E-state index in [1.54, 1.807) is 0 Å². The number of aromatic nitrogens is 3. The standard InChI is InChI=1S/C25H29N3O3/c1-2-31-25-27-23(26-24(28-25)21-10-9-20(29)14-22(21)30)18-8-7-17-11-15-5-3-4-6-16(15)12-19(17)13-18/h3,5,11-12,14,17-19,29-30H,2,4,6-10,13H2,1H3. The molecular weight excluding hydrogens is 390 g/mol. The zero-order valence-corrected chi connectivity index (χ0v) is 17.9. The van der Waals surface area contributed by atoms with Gasteiger partial charge in [-0.15, -0.1) is 0 Å². The Morgan fingerprint density at radius 3 is 2.77 bits per heavy atom. The zero-order chi connectivity index (χ0) is 21.4. The van der Waals surface area contributed by atoms with Crippen molar-refractivity contribution in [3.8, 4) is 6.01 Å². The van der Waals surface area contributed by atoms with Gasteiger partial charge in [-0.2, -0.15) is 9.97 Å². The molecule has 162 valence electrons. The Morgan fingerprint density at radius 1 is 1.03 bits per heavy atom. The predicted octanol–water partition coefficient (Wildman–Crippen LogP) is 5.49. The van der Waals surface area contributed by atoms with Crippen molar-refractivity contribution < 1.29 is 14.9 Å². The molecular formula is C25H29N3O3. The van der Waals surface area contributed by atoms with Crippen LogP contribution in [0.2, 0.25) is 0 Å². The molecule has 3 atom stereocenters. The first-order valence-corrected chi connectivity index (χ1v) is 11.4. The molecule has 0 aromatic carbocycles. The summed E-state index contributed by atoms with van der Waals surface area (Å²) < 4.78 is 5.64. The van der Waals surface area contributed by atoms with Gasteiger partial charge in [-0.1, -0.05) is 24.3 Å². The summed E-state index contributed by atoms with van der Waals surface area (Å²) in [6.07, 6.45) is 17.3. The Bertz CT molecular complexity index is 1030. The summed E-state index contributed by atoms with van der Waals surface area (Å²) in [6.45, 7) is 2.38. The predicted molar refractivity (Wildman–Crippen MR) is 119 cm³/mol. The lowest BCUT2D eigenvalue weighted by atomic mass is 9.69. The molecule has 2 N–H and O–H groups in total. The van der Waals surface area contributed by atoms with E-state index in [2.05, 4.69) is 34.3 Å². The first kappa shape index (κ1) is 20.0. The molecule has 6 nitrogen and oxygen atoms in total. The van der Waals surface area contributed by atoms with Crippen LogP contribution in [0.25, 0.3) is 5.57 Å². The van der Waals surface area contributed by atoms with E-state index in [4.69, 9.17) is 9.72 Å². The number of hydrogen-bond acceptors (Lipinski definition) is 6. The average Bonchev–Trinajstić information content (AvgIpc) is 2.77. The SMILES string of the molecule is CCOc1nc(C2=C(O)C=C(O)CC2)nc(C2CCC3C=C4C=CCCC4=CC3C2)n1. The van der Waals surface area contributed by atoms with Crippen molar-refractivity contribution in [2.45, 2.75) is 57.8 Å². The highest BCUT2D eigenvalue weighted by atomic mass is 16.5. The highest BCUT2D eigenvalue weighted by molar-refractivity contribution is 5.66. The van der Waals surface area contributed by atoms with Crippen molar-refractivity contribution in [1.29, 1.82) is 0 Å². The fourth-order valence-corrected chi connectivity index (χ4v) is 5.20. The summed E-state index contributed by atoms with van der Waals surface area (Å²) >= 11 is 0. The van der Waals surface area contributed by atoms with E-state index >= 15 is 0 Å². The molecule has 1 heterocycles. The maximum Gasteiger partial charge on any atom is 0.320 e. The molecule has 0 spiro atoms. The van der Waals surface area contributed by atoms with E-state index in [1.807, 2.05) is 6.92 Å². The van der Waals surface area contributed by atoms with Gasteiger partial charge in [0.05, 0.1) is 12.4 Å². The summed E-state index contributed by atoms with van der Waals surface area (Å²) in [5, 5.41) is 20.1. The van der Waals surface area contributed by atoms with Crippen LogP contribution < -0.4 is 4.74 Å². The summed E-state index contributed by atoms with van der Waals surface area (Å²) in [6, 6.07) is 0.310. The lowest BCUT2D eigenvalue weighted by Crippen LogP contribution is -2.26. The molecule has 5 rings (SSSR count). The van der Waals surface area contributed by atoms with Crippen LogP contribution in [0.1, 0.15) is 69.4 Å². The van der Waals surface area contributed by atoms with Gasteiger partial charge in [0.15, 0.2) is 5.82 Å². The molecule has 0 saturated heterocycles. The molecule has 3 unspecified atom stereocenters. The Labute approximate surface area is 182 Å². The third-order valence-corrected chi connectivity index (χ3v) is 6.80. The van der Waals surface area contributed by atoms with E-state index in [-0.39, 0.29) is 17.4 Å². The van der Waals surface area contributed by atoms with Crippen LogP contribution in [0.4, 0.5) is 0 Å². The second kappa shape index (κ2) is 8.33. The van der Waals surface area contributed by atoms with E-state index in [0.29, 0.717) is 48.7 Å². The highest BCUT2D eigenvalue weighted by Crippen LogP contribution is 2.45. The molecule has 1 aromatic rings. The highest BCUT2D eigenvalue weighted by Gasteiger charge is 2.34. The average molecular weight is 420 g/mol. The minimum absolute atomic E-state index is 0.0205. The molecule has 0 amide bonds. The largest absolute Gasteiger partial charge is 0.512 e. The van der Waals surface area contributed by atoms with E-state index in [0.717, 1.165) is 37.9 Å². The minimum atomic E-state index is 0.0205. The van der Waals surface area contributed by atoms with Gasteiger partial charge in [0.25, 0.3) is 0 Å². The summed E-state index contributed by atoms with van der Waals surface area (Å²) in [4.78, 5) is 13.9. The smallest absolute Gasteiger partial charge is 0.320 e.